The first-order valence-electron chi connectivity index (χ1n) is 8.18. The van der Waals surface area contributed by atoms with Crippen molar-refractivity contribution in [3.05, 3.63) is 49.3 Å². The molecule has 2 aromatic heterocycles. The zero-order chi connectivity index (χ0) is 20.3. The fraction of sp³-hybridized carbons (Fsp3) is 0.467. The minimum atomic E-state index is -0.872. The van der Waals surface area contributed by atoms with Crippen LogP contribution in [0.5, 0.6) is 0 Å². The smallest absolute Gasteiger partial charge is 0.330 e. The van der Waals surface area contributed by atoms with Crippen LogP contribution in [0.4, 0.5) is 0 Å². The number of rotatable bonds is 6. The Bertz CT molecular complexity index is 1030. The van der Waals surface area contributed by atoms with E-state index in [0.29, 0.717) is 0 Å². The highest BCUT2D eigenvalue weighted by molar-refractivity contribution is 5.65. The summed E-state index contributed by atoms with van der Waals surface area (Å²) in [5, 5.41) is 16.4. The Morgan fingerprint density at radius 3 is 3.00 bits per heavy atom. The van der Waals surface area contributed by atoms with E-state index in [1.54, 1.807) is 0 Å². The number of aromatic nitrogens is 3. The monoisotopic (exact) mass is 392 g/mol. The second-order valence-electron chi connectivity index (χ2n) is 5.99. The van der Waals surface area contributed by atoms with Crippen LogP contribution in [0.25, 0.3) is 21.7 Å². The van der Waals surface area contributed by atoms with Gasteiger partial charge in [0.05, 0.1) is 11.6 Å². The molecule has 148 valence electrons. The number of H-pyrrole nitrogens is 1. The maximum absolute atomic E-state index is 12.3. The van der Waals surface area contributed by atoms with Gasteiger partial charge in [-0.3, -0.25) is 19.1 Å². The van der Waals surface area contributed by atoms with Gasteiger partial charge in [0.15, 0.2) is 5.76 Å². The lowest BCUT2D eigenvalue weighted by atomic mass is 10.1. The van der Waals surface area contributed by atoms with Gasteiger partial charge in [0.25, 0.3) is 5.56 Å². The molecule has 28 heavy (non-hydrogen) atoms. The molecule has 0 spiro atoms. The third-order valence-electron chi connectivity index (χ3n) is 4.12. The third kappa shape index (κ3) is 3.96. The molecule has 0 amide bonds. The second-order valence-corrected chi connectivity index (χ2v) is 5.99. The first-order valence-corrected chi connectivity index (χ1v) is 8.18. The molecule has 3 atom stereocenters. The van der Waals surface area contributed by atoms with Gasteiger partial charge in [0, 0.05) is 30.5 Å². The van der Waals surface area contributed by atoms with Crippen LogP contribution in [0.2, 0.25) is 0 Å². The molecule has 13 heteroatoms. The van der Waals surface area contributed by atoms with Gasteiger partial charge in [-0.15, -0.1) is 0 Å². The van der Waals surface area contributed by atoms with Crippen LogP contribution in [0, 0.1) is 0 Å². The molecule has 1 fully saturated rings. The van der Waals surface area contributed by atoms with E-state index >= 15 is 0 Å². The average molecular weight is 392 g/mol. The molecular weight excluding hydrogens is 376 g/mol. The van der Waals surface area contributed by atoms with Crippen molar-refractivity contribution in [3.8, 4) is 11.3 Å². The lowest BCUT2D eigenvalue weighted by molar-refractivity contribution is -0.146. The molecule has 2 N–H and O–H groups in total. The van der Waals surface area contributed by atoms with Gasteiger partial charge in [-0.25, -0.2) is 4.79 Å². The zero-order valence-electron chi connectivity index (χ0n) is 14.6. The van der Waals surface area contributed by atoms with Crippen LogP contribution >= 0.6 is 0 Å². The molecule has 1 saturated heterocycles. The van der Waals surface area contributed by atoms with Gasteiger partial charge in [0.2, 0.25) is 0 Å². The Morgan fingerprint density at radius 2 is 2.36 bits per heavy atom. The number of hydrogen-bond donors (Lipinski definition) is 2. The number of hydrogen-bond acceptors (Lipinski definition) is 9. The molecule has 3 heterocycles. The standard InChI is InChI=1S/C15H16N6O7/c1-7(23)26-6-12-11(18-20-16)3-13(27-12)21-4-9(14(24)17-15(21)25)10-2-8(5-22)28-19-10/h2,4,11-13,22H,3,5-6H2,1H3,(H,17,24,25)/t11-,12+,13+/m0/s1. The highest BCUT2D eigenvalue weighted by Gasteiger charge is 2.37. The molecule has 1 aliphatic rings. The number of ether oxygens (including phenoxy) is 2. The number of esters is 1. The predicted octanol–water partition coefficient (Wildman–Crippen LogP) is 0.213. The lowest BCUT2D eigenvalue weighted by Crippen LogP contribution is -2.33. The molecule has 0 saturated carbocycles. The number of azide groups is 1. The quantitative estimate of drug-likeness (QED) is 0.302. The zero-order valence-corrected chi connectivity index (χ0v) is 14.6. The fourth-order valence-corrected chi connectivity index (χ4v) is 2.82. The van der Waals surface area contributed by atoms with Gasteiger partial charge in [-0.1, -0.05) is 10.3 Å². The summed E-state index contributed by atoms with van der Waals surface area (Å²) >= 11 is 0. The van der Waals surface area contributed by atoms with Crippen LogP contribution in [0.3, 0.4) is 0 Å². The normalized spacial score (nSPS) is 21.3. The molecule has 0 bridgehead atoms. The first kappa shape index (κ1) is 19.4. The number of carbonyl (C=O) groups excluding carboxylic acids is 1. The van der Waals surface area contributed by atoms with Crippen molar-refractivity contribution in [2.24, 2.45) is 5.11 Å². The van der Waals surface area contributed by atoms with Crippen LogP contribution in [0.1, 0.15) is 25.3 Å². The largest absolute Gasteiger partial charge is 0.463 e. The minimum Gasteiger partial charge on any atom is -0.463 e. The second kappa shape index (κ2) is 8.08. The van der Waals surface area contributed by atoms with Crippen LogP contribution in [-0.2, 0) is 20.9 Å². The predicted molar refractivity (Wildman–Crippen MR) is 90.8 cm³/mol. The van der Waals surface area contributed by atoms with Crippen LogP contribution in [0.15, 0.2) is 31.5 Å². The number of nitrogens with zero attached hydrogens (tertiary/aromatic N) is 5. The van der Waals surface area contributed by atoms with Gasteiger partial charge in [-0.05, 0) is 5.53 Å². The number of nitrogens with one attached hydrogen (secondary N) is 1. The molecule has 3 rings (SSSR count). The van der Waals surface area contributed by atoms with Crippen molar-refractivity contribution >= 4 is 5.97 Å². The number of carbonyl (C=O) groups is 1. The molecule has 13 nitrogen and oxygen atoms in total. The molecule has 0 aromatic carbocycles. The van der Waals surface area contributed by atoms with Crippen molar-refractivity contribution in [3.63, 3.8) is 0 Å². The fourth-order valence-electron chi connectivity index (χ4n) is 2.82. The van der Waals surface area contributed by atoms with E-state index in [4.69, 9.17) is 24.6 Å². The van der Waals surface area contributed by atoms with E-state index in [0.717, 1.165) is 4.57 Å². The number of aliphatic hydroxyl groups is 1. The maximum Gasteiger partial charge on any atom is 0.330 e. The van der Waals surface area contributed by atoms with Crippen LogP contribution < -0.4 is 11.2 Å². The van der Waals surface area contributed by atoms with E-state index < -0.39 is 42.2 Å². The van der Waals surface area contributed by atoms with E-state index in [1.165, 1.54) is 19.2 Å². The summed E-state index contributed by atoms with van der Waals surface area (Å²) in [7, 11) is 0. The number of aromatic amines is 1. The van der Waals surface area contributed by atoms with E-state index in [-0.39, 0.29) is 30.0 Å². The molecular formula is C15H16N6O7. The van der Waals surface area contributed by atoms with Crippen molar-refractivity contribution in [1.29, 1.82) is 0 Å². The van der Waals surface area contributed by atoms with Gasteiger partial charge >= 0.3 is 11.7 Å². The highest BCUT2D eigenvalue weighted by atomic mass is 16.6. The van der Waals surface area contributed by atoms with E-state index in [1.807, 2.05) is 0 Å². The molecule has 1 aliphatic heterocycles. The number of aliphatic hydroxyl groups excluding tert-OH is 1. The van der Waals surface area contributed by atoms with Crippen molar-refractivity contribution in [2.45, 2.75) is 38.3 Å². The summed E-state index contributed by atoms with van der Waals surface area (Å²) in [5.41, 5.74) is 7.44. The Labute approximate surface area is 156 Å². The average Bonchev–Trinajstić information content (AvgIpc) is 3.27. The molecule has 2 aromatic rings. The van der Waals surface area contributed by atoms with E-state index in [9.17, 15) is 14.4 Å². The Balaban J connectivity index is 1.93. The van der Waals surface area contributed by atoms with Gasteiger partial charge in [-0.2, -0.15) is 0 Å². The van der Waals surface area contributed by atoms with Crippen LogP contribution in [-0.4, -0.2) is 44.5 Å². The summed E-state index contributed by atoms with van der Waals surface area (Å²) in [6.07, 6.45) is -0.252. The molecule has 0 unspecified atom stereocenters. The summed E-state index contributed by atoms with van der Waals surface area (Å²) in [4.78, 5) is 40.3. The van der Waals surface area contributed by atoms with Crippen molar-refractivity contribution in [2.75, 3.05) is 6.61 Å². The minimum absolute atomic E-state index is 0.0235. The lowest BCUT2D eigenvalue weighted by Gasteiger charge is -2.16. The Morgan fingerprint density at radius 1 is 1.57 bits per heavy atom. The first-order chi connectivity index (χ1) is 13.4. The highest BCUT2D eigenvalue weighted by Crippen LogP contribution is 2.31. The Kier molecular flexibility index (Phi) is 5.59. The SMILES string of the molecule is CC(=O)OC[C@H]1O[C@@H](n2cc(-c3cc(CO)on3)c(=O)[nH]c2=O)C[C@@H]1N=[N+]=[N-]. The molecule has 0 aliphatic carbocycles. The van der Waals surface area contributed by atoms with Gasteiger partial charge in [0.1, 0.15) is 31.2 Å². The van der Waals surface area contributed by atoms with E-state index in [2.05, 4.69) is 20.2 Å². The molecule has 0 radical (unpaired) electrons. The van der Waals surface area contributed by atoms with Crippen molar-refractivity contribution in [1.82, 2.24) is 14.7 Å². The maximum atomic E-state index is 12.3. The summed E-state index contributed by atoms with van der Waals surface area (Å²) < 4.78 is 16.6. The topological polar surface area (TPSA) is 185 Å². The summed E-state index contributed by atoms with van der Waals surface area (Å²) in [6.45, 7) is 0.678. The third-order valence-corrected chi connectivity index (χ3v) is 4.12. The summed E-state index contributed by atoms with van der Waals surface area (Å²) in [5.74, 6) is -0.380. The Hall–Kier alpha value is -3.41. The summed E-state index contributed by atoms with van der Waals surface area (Å²) in [6, 6.07) is 0.686. The van der Waals surface area contributed by atoms with Crippen molar-refractivity contribution < 1.29 is 23.9 Å². The van der Waals surface area contributed by atoms with Gasteiger partial charge < -0.3 is 19.1 Å².